The lowest BCUT2D eigenvalue weighted by Crippen LogP contribution is -2.05. The number of benzene rings is 3. The van der Waals surface area contributed by atoms with Crippen molar-refractivity contribution in [3.05, 3.63) is 109 Å². The Morgan fingerprint density at radius 2 is 1.56 bits per heavy atom. The molecule has 0 heterocycles. The fraction of sp³-hybridized carbons (Fsp3) is 0.0417. The number of carbonyl (C=O) groups is 1. The zero-order chi connectivity index (χ0) is 24.7. The number of esters is 1. The number of non-ortho nitro benzene ring substituents is 1. The Morgan fingerprint density at radius 1 is 0.853 bits per heavy atom. The number of nitrogens with zero attached hydrogens (tertiary/aromatic N) is 2. The van der Waals surface area contributed by atoms with Crippen LogP contribution in [0.3, 0.4) is 0 Å². The van der Waals surface area contributed by atoms with Crippen LogP contribution >= 0.6 is 11.6 Å². The van der Waals surface area contributed by atoms with E-state index in [1.807, 2.05) is 0 Å². The van der Waals surface area contributed by atoms with Crippen LogP contribution in [0.25, 0.3) is 18.2 Å². The Kier molecular flexibility index (Phi) is 7.73. The largest absolute Gasteiger partial charge is 0.493 e. The topological polar surface area (TPSA) is 122 Å². The Bertz CT molecular complexity index is 1300. The lowest BCUT2D eigenvalue weighted by molar-refractivity contribution is -0.394. The van der Waals surface area contributed by atoms with Crippen LogP contribution in [-0.2, 0) is 4.79 Å². The van der Waals surface area contributed by atoms with E-state index in [1.165, 1.54) is 37.5 Å². The molecule has 9 nitrogen and oxygen atoms in total. The summed E-state index contributed by atoms with van der Waals surface area (Å²) in [4.78, 5) is 33.0. The van der Waals surface area contributed by atoms with E-state index in [0.717, 1.165) is 11.6 Å². The molecule has 0 amide bonds. The van der Waals surface area contributed by atoms with Gasteiger partial charge in [-0.2, -0.15) is 0 Å². The maximum Gasteiger partial charge on any atom is 0.336 e. The number of carbonyl (C=O) groups excluding carboxylic acids is 1. The average Bonchev–Trinajstić information content (AvgIpc) is 2.82. The molecular formula is C24H17ClN2O7. The summed E-state index contributed by atoms with van der Waals surface area (Å²) in [5.41, 5.74) is 0.796. The quantitative estimate of drug-likeness (QED) is 0.0973. The van der Waals surface area contributed by atoms with Gasteiger partial charge in [0.25, 0.3) is 11.4 Å². The molecule has 0 bridgehead atoms. The molecule has 0 aromatic heterocycles. The standard InChI is InChI=1S/C24H17ClN2O7/c1-33-23-14-17(2-7-18-8-11-20(26(29)30)15-21(18)27(31)32)5-12-22(23)34-24(28)13-6-16-3-9-19(25)10-4-16/h2-15H,1H3/b7-2+,13-6+. The van der Waals surface area contributed by atoms with Crippen molar-refractivity contribution in [1.29, 1.82) is 0 Å². The molecule has 3 aromatic carbocycles. The fourth-order valence-electron chi connectivity index (χ4n) is 2.88. The molecule has 0 aliphatic rings. The minimum atomic E-state index is -0.698. The second-order valence-corrected chi connectivity index (χ2v) is 7.24. The van der Waals surface area contributed by atoms with Crippen LogP contribution in [-0.4, -0.2) is 22.9 Å². The number of hydrogen-bond donors (Lipinski definition) is 0. The van der Waals surface area contributed by atoms with E-state index in [2.05, 4.69) is 0 Å². The monoisotopic (exact) mass is 480 g/mol. The van der Waals surface area contributed by atoms with Gasteiger partial charge in [0, 0.05) is 17.2 Å². The van der Waals surface area contributed by atoms with Crippen molar-refractivity contribution < 1.29 is 24.1 Å². The van der Waals surface area contributed by atoms with E-state index < -0.39 is 21.5 Å². The van der Waals surface area contributed by atoms with Crippen molar-refractivity contribution in [2.24, 2.45) is 0 Å². The van der Waals surface area contributed by atoms with Crippen molar-refractivity contribution in [2.45, 2.75) is 0 Å². The molecule has 0 saturated heterocycles. The smallest absolute Gasteiger partial charge is 0.336 e. The molecule has 0 aliphatic carbocycles. The van der Waals surface area contributed by atoms with E-state index in [-0.39, 0.29) is 22.7 Å². The minimum Gasteiger partial charge on any atom is -0.493 e. The highest BCUT2D eigenvalue weighted by atomic mass is 35.5. The van der Waals surface area contributed by atoms with E-state index in [9.17, 15) is 25.0 Å². The van der Waals surface area contributed by atoms with E-state index >= 15 is 0 Å². The van der Waals surface area contributed by atoms with Crippen molar-refractivity contribution >= 4 is 47.2 Å². The third-order valence-electron chi connectivity index (χ3n) is 4.56. The first-order chi connectivity index (χ1) is 16.3. The van der Waals surface area contributed by atoms with Gasteiger partial charge in [0.05, 0.1) is 28.6 Å². The van der Waals surface area contributed by atoms with Crippen molar-refractivity contribution in [2.75, 3.05) is 7.11 Å². The molecule has 0 N–H and O–H groups in total. The van der Waals surface area contributed by atoms with Gasteiger partial charge in [-0.25, -0.2) is 4.79 Å². The summed E-state index contributed by atoms with van der Waals surface area (Å²) in [6, 6.07) is 15.0. The molecule has 0 saturated carbocycles. The average molecular weight is 481 g/mol. The second-order valence-electron chi connectivity index (χ2n) is 6.81. The summed E-state index contributed by atoms with van der Waals surface area (Å²) in [5.74, 6) is -0.154. The van der Waals surface area contributed by atoms with Gasteiger partial charge >= 0.3 is 5.97 Å². The molecule has 10 heteroatoms. The molecular weight excluding hydrogens is 464 g/mol. The normalized spacial score (nSPS) is 11.0. The Labute approximate surface area is 198 Å². The molecule has 0 fully saturated rings. The van der Waals surface area contributed by atoms with E-state index in [0.29, 0.717) is 10.6 Å². The summed E-state index contributed by atoms with van der Waals surface area (Å²) in [7, 11) is 1.41. The number of ether oxygens (including phenoxy) is 2. The van der Waals surface area contributed by atoms with Crippen LogP contribution in [0.2, 0.25) is 5.02 Å². The number of nitro benzene ring substituents is 2. The minimum absolute atomic E-state index is 0.187. The van der Waals surface area contributed by atoms with Gasteiger partial charge in [-0.05, 0) is 53.6 Å². The van der Waals surface area contributed by atoms with Crippen LogP contribution in [0.5, 0.6) is 11.5 Å². The molecule has 172 valence electrons. The van der Waals surface area contributed by atoms with Crippen molar-refractivity contribution in [1.82, 2.24) is 0 Å². The predicted molar refractivity (Wildman–Crippen MR) is 128 cm³/mol. The molecule has 3 rings (SSSR count). The first kappa shape index (κ1) is 24.1. The van der Waals surface area contributed by atoms with Crippen molar-refractivity contribution in [3.8, 4) is 11.5 Å². The third-order valence-corrected chi connectivity index (χ3v) is 4.81. The molecule has 0 aliphatic heterocycles. The highest BCUT2D eigenvalue weighted by molar-refractivity contribution is 6.30. The summed E-state index contributed by atoms with van der Waals surface area (Å²) in [5, 5.41) is 22.7. The Balaban J connectivity index is 1.77. The van der Waals surface area contributed by atoms with Gasteiger partial charge in [0.15, 0.2) is 11.5 Å². The molecule has 3 aromatic rings. The zero-order valence-corrected chi connectivity index (χ0v) is 18.5. The highest BCUT2D eigenvalue weighted by Gasteiger charge is 2.17. The third kappa shape index (κ3) is 6.27. The Hall–Kier alpha value is -4.50. The van der Waals surface area contributed by atoms with Gasteiger partial charge in [-0.15, -0.1) is 0 Å². The van der Waals surface area contributed by atoms with Crippen LogP contribution in [0.4, 0.5) is 11.4 Å². The summed E-state index contributed by atoms with van der Waals surface area (Å²) in [6.45, 7) is 0. The van der Waals surface area contributed by atoms with Gasteiger partial charge < -0.3 is 9.47 Å². The maximum atomic E-state index is 12.2. The molecule has 0 atom stereocenters. The van der Waals surface area contributed by atoms with Gasteiger partial charge in [-0.1, -0.05) is 35.9 Å². The van der Waals surface area contributed by atoms with Crippen LogP contribution < -0.4 is 9.47 Å². The Morgan fingerprint density at radius 3 is 2.21 bits per heavy atom. The van der Waals surface area contributed by atoms with E-state index in [4.69, 9.17) is 21.1 Å². The van der Waals surface area contributed by atoms with Gasteiger partial charge in [-0.3, -0.25) is 20.2 Å². The molecule has 34 heavy (non-hydrogen) atoms. The summed E-state index contributed by atoms with van der Waals surface area (Å²) < 4.78 is 10.6. The first-order valence-electron chi connectivity index (χ1n) is 9.71. The summed E-state index contributed by atoms with van der Waals surface area (Å²) >= 11 is 5.84. The number of halogens is 1. The zero-order valence-electron chi connectivity index (χ0n) is 17.7. The number of methoxy groups -OCH3 is 1. The lowest BCUT2D eigenvalue weighted by Gasteiger charge is -2.08. The van der Waals surface area contributed by atoms with Gasteiger partial charge in [0.1, 0.15) is 0 Å². The summed E-state index contributed by atoms with van der Waals surface area (Å²) in [6.07, 6.45) is 5.88. The predicted octanol–water partition coefficient (Wildman–Crippen LogP) is 5.95. The van der Waals surface area contributed by atoms with E-state index in [1.54, 1.807) is 48.6 Å². The highest BCUT2D eigenvalue weighted by Crippen LogP contribution is 2.30. The fourth-order valence-corrected chi connectivity index (χ4v) is 3.01. The SMILES string of the molecule is COc1cc(/C=C/c2ccc([N+](=O)[O-])cc2[N+](=O)[O-])ccc1OC(=O)/C=C/c1ccc(Cl)cc1. The van der Waals surface area contributed by atoms with Crippen LogP contribution in [0.1, 0.15) is 16.7 Å². The maximum absolute atomic E-state index is 12.2. The van der Waals surface area contributed by atoms with Crippen LogP contribution in [0.15, 0.2) is 66.7 Å². The van der Waals surface area contributed by atoms with Crippen molar-refractivity contribution in [3.63, 3.8) is 0 Å². The second kappa shape index (κ2) is 10.9. The lowest BCUT2D eigenvalue weighted by atomic mass is 10.1. The molecule has 0 spiro atoms. The molecule has 0 unspecified atom stereocenters. The number of rotatable bonds is 8. The first-order valence-corrected chi connectivity index (χ1v) is 10.1. The van der Waals surface area contributed by atoms with Gasteiger partial charge in [0.2, 0.25) is 0 Å². The number of hydrogen-bond acceptors (Lipinski definition) is 7. The molecule has 0 radical (unpaired) electrons. The number of nitro groups is 2. The van der Waals surface area contributed by atoms with Crippen LogP contribution in [0, 0.1) is 20.2 Å².